The van der Waals surface area contributed by atoms with Gasteiger partial charge in [0.2, 0.25) is 0 Å². The maximum atomic E-state index is 6.05. The molecule has 2 aromatic carbocycles. The zero-order valence-electron chi connectivity index (χ0n) is 9.39. The number of ether oxygens (including phenoxy) is 1. The van der Waals surface area contributed by atoms with Gasteiger partial charge in [-0.2, -0.15) is 0 Å². The van der Waals surface area contributed by atoms with Gasteiger partial charge in [-0.25, -0.2) is 0 Å². The first-order valence-electron chi connectivity index (χ1n) is 5.18. The highest BCUT2D eigenvalue weighted by molar-refractivity contribution is 6.43. The summed E-state index contributed by atoms with van der Waals surface area (Å²) in [6, 6.07) is 8.24. The topological polar surface area (TPSA) is 9.23 Å². The molecule has 0 saturated carbocycles. The molecular weight excluding hydrogens is 349 g/mol. The minimum absolute atomic E-state index is 0.273. The molecule has 0 atom stereocenters. The molecule has 0 aliphatic rings. The molecule has 0 aliphatic carbocycles. The van der Waals surface area contributed by atoms with Crippen LogP contribution >= 0.6 is 58.0 Å². The SMILES string of the molecule is ClCc1cc(Cl)ccc1Oc1cc(Cl)c(Cl)cc1Cl. The molecule has 0 fully saturated rings. The fourth-order valence-corrected chi connectivity index (χ4v) is 2.43. The van der Waals surface area contributed by atoms with E-state index in [0.29, 0.717) is 31.6 Å². The maximum Gasteiger partial charge on any atom is 0.147 e. The third-order valence-electron chi connectivity index (χ3n) is 2.36. The zero-order chi connectivity index (χ0) is 14.0. The normalized spacial score (nSPS) is 10.6. The number of hydrogen-bond acceptors (Lipinski definition) is 1. The average Bonchev–Trinajstić information content (AvgIpc) is 2.37. The third-order valence-corrected chi connectivity index (χ3v) is 3.90. The Morgan fingerprint density at radius 1 is 0.789 bits per heavy atom. The van der Waals surface area contributed by atoms with Crippen molar-refractivity contribution < 1.29 is 4.74 Å². The standard InChI is InChI=1S/C13H7Cl5O/c14-6-7-3-8(15)1-2-12(7)19-13-5-10(17)9(16)4-11(13)18/h1-5H,6H2. The van der Waals surface area contributed by atoms with E-state index < -0.39 is 0 Å². The lowest BCUT2D eigenvalue weighted by Gasteiger charge is -2.12. The van der Waals surface area contributed by atoms with Crippen LogP contribution in [0.5, 0.6) is 11.5 Å². The number of alkyl halides is 1. The molecule has 0 heterocycles. The molecule has 0 aliphatic heterocycles. The first-order chi connectivity index (χ1) is 9.01. The molecule has 0 unspecified atom stereocenters. The lowest BCUT2D eigenvalue weighted by Crippen LogP contribution is -1.91. The van der Waals surface area contributed by atoms with Gasteiger partial charge in [0.05, 0.1) is 20.9 Å². The Bertz CT molecular complexity index is 612. The van der Waals surface area contributed by atoms with Gasteiger partial charge in [0.25, 0.3) is 0 Å². The van der Waals surface area contributed by atoms with Crippen LogP contribution in [0.25, 0.3) is 0 Å². The number of benzene rings is 2. The fourth-order valence-electron chi connectivity index (χ4n) is 1.45. The highest BCUT2D eigenvalue weighted by Crippen LogP contribution is 2.37. The summed E-state index contributed by atoms with van der Waals surface area (Å²) < 4.78 is 5.70. The van der Waals surface area contributed by atoms with Crippen LogP contribution in [0.1, 0.15) is 5.56 Å². The monoisotopic (exact) mass is 354 g/mol. The van der Waals surface area contributed by atoms with Crippen molar-refractivity contribution in [2.24, 2.45) is 0 Å². The van der Waals surface area contributed by atoms with E-state index in [0.717, 1.165) is 5.56 Å². The van der Waals surface area contributed by atoms with E-state index in [1.54, 1.807) is 24.3 Å². The fraction of sp³-hybridized carbons (Fsp3) is 0.0769. The summed E-state index contributed by atoms with van der Waals surface area (Å²) in [5, 5.41) is 1.68. The Morgan fingerprint density at radius 3 is 2.16 bits per heavy atom. The van der Waals surface area contributed by atoms with Gasteiger partial charge in [0.15, 0.2) is 0 Å². The van der Waals surface area contributed by atoms with Gasteiger partial charge in [-0.3, -0.25) is 0 Å². The van der Waals surface area contributed by atoms with E-state index in [1.165, 1.54) is 6.07 Å². The molecule has 100 valence electrons. The molecule has 19 heavy (non-hydrogen) atoms. The Morgan fingerprint density at radius 2 is 1.47 bits per heavy atom. The molecule has 0 bridgehead atoms. The largest absolute Gasteiger partial charge is 0.455 e. The van der Waals surface area contributed by atoms with Crippen molar-refractivity contribution in [3.8, 4) is 11.5 Å². The van der Waals surface area contributed by atoms with Crippen LogP contribution in [-0.4, -0.2) is 0 Å². The molecule has 0 amide bonds. The maximum absolute atomic E-state index is 6.05. The summed E-state index contributed by atoms with van der Waals surface area (Å²) in [5.74, 6) is 1.25. The Balaban J connectivity index is 2.39. The molecule has 6 heteroatoms. The highest BCUT2D eigenvalue weighted by atomic mass is 35.5. The van der Waals surface area contributed by atoms with Crippen molar-refractivity contribution in [1.82, 2.24) is 0 Å². The van der Waals surface area contributed by atoms with Crippen molar-refractivity contribution in [2.45, 2.75) is 5.88 Å². The Labute approximate surface area is 135 Å². The van der Waals surface area contributed by atoms with Gasteiger partial charge in [0, 0.05) is 16.7 Å². The minimum Gasteiger partial charge on any atom is -0.455 e. The molecule has 0 spiro atoms. The Hall–Kier alpha value is -0.310. The van der Waals surface area contributed by atoms with Crippen LogP contribution in [-0.2, 0) is 5.88 Å². The summed E-state index contributed by atoms with van der Waals surface area (Å²) in [5.41, 5.74) is 0.760. The van der Waals surface area contributed by atoms with Gasteiger partial charge < -0.3 is 4.74 Å². The third kappa shape index (κ3) is 3.62. The van der Waals surface area contributed by atoms with Crippen molar-refractivity contribution in [1.29, 1.82) is 0 Å². The van der Waals surface area contributed by atoms with E-state index >= 15 is 0 Å². The van der Waals surface area contributed by atoms with E-state index in [2.05, 4.69) is 0 Å². The van der Waals surface area contributed by atoms with Crippen LogP contribution in [0.2, 0.25) is 20.1 Å². The lowest BCUT2D eigenvalue weighted by molar-refractivity contribution is 0.478. The van der Waals surface area contributed by atoms with E-state index in [9.17, 15) is 0 Å². The number of hydrogen-bond donors (Lipinski definition) is 0. The van der Waals surface area contributed by atoms with Gasteiger partial charge in [-0.05, 0) is 24.3 Å². The molecule has 2 aromatic rings. The van der Waals surface area contributed by atoms with E-state index in [-0.39, 0.29) is 5.88 Å². The van der Waals surface area contributed by atoms with Crippen LogP contribution in [0.15, 0.2) is 30.3 Å². The van der Waals surface area contributed by atoms with Crippen molar-refractivity contribution in [2.75, 3.05) is 0 Å². The second kappa shape index (κ2) is 6.43. The zero-order valence-corrected chi connectivity index (χ0v) is 13.2. The van der Waals surface area contributed by atoms with E-state index in [4.69, 9.17) is 62.7 Å². The predicted molar refractivity (Wildman–Crippen MR) is 82.6 cm³/mol. The van der Waals surface area contributed by atoms with Gasteiger partial charge in [0.1, 0.15) is 11.5 Å². The molecule has 0 saturated heterocycles. The molecule has 1 nitrogen and oxygen atoms in total. The molecule has 0 aromatic heterocycles. The molecule has 2 rings (SSSR count). The summed E-state index contributed by atoms with van der Waals surface area (Å²) in [4.78, 5) is 0. The van der Waals surface area contributed by atoms with Gasteiger partial charge in [-0.15, -0.1) is 11.6 Å². The first-order valence-corrected chi connectivity index (χ1v) is 7.22. The van der Waals surface area contributed by atoms with Crippen molar-refractivity contribution >= 4 is 58.0 Å². The number of rotatable bonds is 3. The lowest BCUT2D eigenvalue weighted by atomic mass is 10.2. The van der Waals surface area contributed by atoms with Crippen LogP contribution < -0.4 is 4.74 Å². The second-order valence-corrected chi connectivity index (χ2v) is 5.61. The van der Waals surface area contributed by atoms with Gasteiger partial charge >= 0.3 is 0 Å². The molecular formula is C13H7Cl5O. The molecule has 0 N–H and O–H groups in total. The van der Waals surface area contributed by atoms with Crippen LogP contribution in [0.4, 0.5) is 0 Å². The minimum atomic E-state index is 0.273. The number of halogens is 5. The summed E-state index contributed by atoms with van der Waals surface area (Å²) in [6.07, 6.45) is 0. The van der Waals surface area contributed by atoms with Crippen molar-refractivity contribution in [3.63, 3.8) is 0 Å². The summed E-state index contributed by atoms with van der Waals surface area (Å²) in [7, 11) is 0. The quantitative estimate of drug-likeness (QED) is 0.432. The van der Waals surface area contributed by atoms with Crippen molar-refractivity contribution in [3.05, 3.63) is 56.0 Å². The van der Waals surface area contributed by atoms with Crippen LogP contribution in [0.3, 0.4) is 0 Å². The smallest absolute Gasteiger partial charge is 0.147 e. The summed E-state index contributed by atoms with van der Waals surface area (Å²) >= 11 is 29.6. The second-order valence-electron chi connectivity index (χ2n) is 3.68. The Kier molecular flexibility index (Phi) is 5.10. The molecule has 0 radical (unpaired) electrons. The van der Waals surface area contributed by atoms with Crippen LogP contribution in [0, 0.1) is 0 Å². The van der Waals surface area contributed by atoms with Gasteiger partial charge in [-0.1, -0.05) is 46.4 Å². The predicted octanol–water partition coefficient (Wildman–Crippen LogP) is 6.83. The summed E-state index contributed by atoms with van der Waals surface area (Å²) in [6.45, 7) is 0. The highest BCUT2D eigenvalue weighted by Gasteiger charge is 2.11. The average molecular weight is 356 g/mol. The first kappa shape index (κ1) is 15.1. The van der Waals surface area contributed by atoms with E-state index in [1.807, 2.05) is 0 Å².